The molecule has 6 rings (SSSR count). The number of hydrogen-bond acceptors (Lipinski definition) is 6. The van der Waals surface area contributed by atoms with Gasteiger partial charge in [-0.1, -0.05) is 42.8 Å². The molecule has 2 aromatic rings. The van der Waals surface area contributed by atoms with Gasteiger partial charge in [0.25, 0.3) is 5.91 Å². The largest absolute Gasteiger partial charge is 0.436 e. The molecular weight excluding hydrogens is 592 g/mol. The maximum absolute atomic E-state index is 14.0. The van der Waals surface area contributed by atoms with E-state index in [2.05, 4.69) is 10.2 Å². The summed E-state index contributed by atoms with van der Waals surface area (Å²) in [7, 11) is 0. The first kappa shape index (κ1) is 31.5. The Kier molecular flexibility index (Phi) is 9.70. The minimum atomic E-state index is -0.965. The van der Waals surface area contributed by atoms with Gasteiger partial charge < -0.3 is 35.4 Å². The van der Waals surface area contributed by atoms with Crippen LogP contribution in [0.2, 0.25) is 5.02 Å². The van der Waals surface area contributed by atoms with Gasteiger partial charge in [-0.05, 0) is 86.9 Å². The lowest BCUT2D eigenvalue weighted by Crippen LogP contribution is -2.53. The Bertz CT molecular complexity index is 1400. The molecule has 3 saturated heterocycles. The molecule has 45 heavy (non-hydrogen) atoms. The van der Waals surface area contributed by atoms with Crippen LogP contribution >= 0.6 is 11.6 Å². The van der Waals surface area contributed by atoms with Crippen LogP contribution in [0.5, 0.6) is 0 Å². The number of benzene rings is 2. The highest BCUT2D eigenvalue weighted by Crippen LogP contribution is 2.30. The van der Waals surface area contributed by atoms with Crippen molar-refractivity contribution in [2.24, 2.45) is 0 Å². The van der Waals surface area contributed by atoms with E-state index in [-0.39, 0.29) is 24.4 Å². The number of nitrogen functional groups attached to an aromatic ring is 1. The molecule has 4 aliphatic heterocycles. The Labute approximate surface area is 270 Å². The van der Waals surface area contributed by atoms with Crippen LogP contribution in [0.3, 0.4) is 0 Å². The summed E-state index contributed by atoms with van der Waals surface area (Å²) in [5.41, 5.74) is 10.4. The zero-order chi connectivity index (χ0) is 31.5. The molecule has 242 valence electrons. The lowest BCUT2D eigenvalue weighted by atomic mass is 9.99. The van der Waals surface area contributed by atoms with Crippen molar-refractivity contribution in [3.63, 3.8) is 0 Å². The molecule has 0 aliphatic carbocycles. The molecule has 11 heteroatoms. The molecule has 3 fully saturated rings. The second kappa shape index (κ2) is 13.9. The number of likely N-dealkylation sites (tertiary alicyclic amines) is 3. The van der Waals surface area contributed by atoms with Crippen LogP contribution in [-0.2, 0) is 28.9 Å². The van der Waals surface area contributed by atoms with Crippen LogP contribution in [0, 0.1) is 0 Å². The Balaban J connectivity index is 1.11. The molecule has 0 radical (unpaired) electrons. The highest BCUT2D eigenvalue weighted by molar-refractivity contribution is 6.33. The maximum atomic E-state index is 14.0. The maximum Gasteiger partial charge on any atom is 0.410 e. The second-order valence-electron chi connectivity index (χ2n) is 12.8. The molecular formula is C34H45ClN6O4. The number of anilines is 2. The van der Waals surface area contributed by atoms with Gasteiger partial charge in [0.15, 0.2) is 6.10 Å². The summed E-state index contributed by atoms with van der Waals surface area (Å²) in [6.07, 6.45) is 5.11. The van der Waals surface area contributed by atoms with Crippen LogP contribution in [0.1, 0.15) is 62.1 Å². The minimum absolute atomic E-state index is 0.0149. The summed E-state index contributed by atoms with van der Waals surface area (Å²) >= 11 is 6.46. The summed E-state index contributed by atoms with van der Waals surface area (Å²) in [6, 6.07) is 12.0. The molecule has 2 aromatic carbocycles. The summed E-state index contributed by atoms with van der Waals surface area (Å²) in [5, 5.41) is 3.43. The Morgan fingerprint density at radius 1 is 0.978 bits per heavy atom. The number of piperidine rings is 2. The fourth-order valence-electron chi connectivity index (χ4n) is 7.38. The predicted octanol–water partition coefficient (Wildman–Crippen LogP) is 5.13. The van der Waals surface area contributed by atoms with Crippen molar-refractivity contribution in [2.75, 3.05) is 50.3 Å². The number of hydrogen-bond donors (Lipinski definition) is 2. The molecule has 0 saturated carbocycles. The molecule has 4 heterocycles. The Morgan fingerprint density at radius 2 is 1.64 bits per heavy atom. The van der Waals surface area contributed by atoms with E-state index >= 15 is 0 Å². The van der Waals surface area contributed by atoms with Crippen LogP contribution in [0.15, 0.2) is 36.4 Å². The van der Waals surface area contributed by atoms with Gasteiger partial charge in [0, 0.05) is 56.9 Å². The second-order valence-corrected chi connectivity index (χ2v) is 13.2. The van der Waals surface area contributed by atoms with E-state index < -0.39 is 12.2 Å². The molecule has 0 unspecified atom stereocenters. The zero-order valence-corrected chi connectivity index (χ0v) is 26.9. The van der Waals surface area contributed by atoms with Crippen molar-refractivity contribution in [3.8, 4) is 0 Å². The molecule has 0 spiro atoms. The van der Waals surface area contributed by atoms with E-state index in [1.165, 1.54) is 12.8 Å². The SMILES string of the molecule is CCc1cc(C[C@@H](OC(=O)N2CCC(N3Cc4ccccc4NC3=O)CC2)C(=O)N2CCC(N3CCCC3)CC2)cc(Cl)c1N. The molecule has 1 atom stereocenters. The number of carbonyl (C=O) groups excluding carboxylic acids is 3. The van der Waals surface area contributed by atoms with Crippen molar-refractivity contribution < 1.29 is 19.1 Å². The number of nitrogens with zero attached hydrogens (tertiary/aromatic N) is 4. The summed E-state index contributed by atoms with van der Waals surface area (Å²) in [5.74, 6) is -0.159. The normalized spacial score (nSPS) is 20.6. The lowest BCUT2D eigenvalue weighted by molar-refractivity contribution is -0.142. The summed E-state index contributed by atoms with van der Waals surface area (Å²) in [6.45, 7) is 7.05. The Hall–Kier alpha value is -3.50. The number of para-hydroxylation sites is 1. The van der Waals surface area contributed by atoms with E-state index in [0.717, 1.165) is 48.3 Å². The number of rotatable bonds is 7. The highest BCUT2D eigenvalue weighted by Gasteiger charge is 2.37. The first-order chi connectivity index (χ1) is 21.8. The quantitative estimate of drug-likeness (QED) is 0.408. The van der Waals surface area contributed by atoms with E-state index in [4.69, 9.17) is 22.1 Å². The summed E-state index contributed by atoms with van der Waals surface area (Å²) < 4.78 is 6.05. The van der Waals surface area contributed by atoms with Gasteiger partial charge in [0.1, 0.15) is 0 Å². The number of ether oxygens (including phenoxy) is 1. The van der Waals surface area contributed by atoms with Gasteiger partial charge in [-0.15, -0.1) is 0 Å². The third kappa shape index (κ3) is 7.02. The zero-order valence-electron chi connectivity index (χ0n) is 26.2. The van der Waals surface area contributed by atoms with Crippen LogP contribution in [0.4, 0.5) is 21.0 Å². The number of halogens is 1. The number of amides is 4. The molecule has 10 nitrogen and oxygen atoms in total. The van der Waals surface area contributed by atoms with Crippen LogP contribution in [-0.4, -0.2) is 95.1 Å². The van der Waals surface area contributed by atoms with Gasteiger partial charge in [-0.25, -0.2) is 9.59 Å². The third-order valence-corrected chi connectivity index (χ3v) is 10.4. The van der Waals surface area contributed by atoms with Crippen LogP contribution < -0.4 is 11.1 Å². The predicted molar refractivity (Wildman–Crippen MR) is 175 cm³/mol. The van der Waals surface area contributed by atoms with E-state index in [9.17, 15) is 14.4 Å². The Morgan fingerprint density at radius 3 is 2.36 bits per heavy atom. The van der Waals surface area contributed by atoms with Crippen molar-refractivity contribution in [1.29, 1.82) is 0 Å². The molecule has 4 aliphatic rings. The molecule has 0 bridgehead atoms. The summed E-state index contributed by atoms with van der Waals surface area (Å²) in [4.78, 5) is 48.3. The van der Waals surface area contributed by atoms with Gasteiger partial charge in [-0.2, -0.15) is 0 Å². The first-order valence-corrected chi connectivity index (χ1v) is 16.9. The van der Waals surface area contributed by atoms with E-state index in [0.29, 0.717) is 68.7 Å². The van der Waals surface area contributed by atoms with Crippen molar-refractivity contribution in [2.45, 2.75) is 83.0 Å². The van der Waals surface area contributed by atoms with Crippen molar-refractivity contribution in [3.05, 3.63) is 58.1 Å². The third-order valence-electron chi connectivity index (χ3n) is 10.1. The first-order valence-electron chi connectivity index (χ1n) is 16.5. The van der Waals surface area contributed by atoms with Crippen molar-refractivity contribution >= 4 is 41.0 Å². The molecule has 0 aromatic heterocycles. The topological polar surface area (TPSA) is 111 Å². The minimum Gasteiger partial charge on any atom is -0.436 e. The smallest absolute Gasteiger partial charge is 0.410 e. The van der Waals surface area contributed by atoms with Gasteiger partial charge in [-0.3, -0.25) is 4.79 Å². The monoisotopic (exact) mass is 636 g/mol. The number of carbonyl (C=O) groups is 3. The van der Waals surface area contributed by atoms with Gasteiger partial charge >= 0.3 is 12.1 Å². The number of fused-ring (bicyclic) bond motifs is 1. The number of urea groups is 1. The number of nitrogens with one attached hydrogen (secondary N) is 1. The molecule has 4 amide bonds. The van der Waals surface area contributed by atoms with Gasteiger partial charge in [0.2, 0.25) is 0 Å². The fraction of sp³-hybridized carbons (Fsp3) is 0.559. The van der Waals surface area contributed by atoms with Crippen LogP contribution in [0.25, 0.3) is 0 Å². The lowest BCUT2D eigenvalue weighted by Gasteiger charge is -2.40. The average Bonchev–Trinajstić information content (AvgIpc) is 3.61. The fourth-order valence-corrected chi connectivity index (χ4v) is 7.64. The highest BCUT2D eigenvalue weighted by atomic mass is 35.5. The van der Waals surface area contributed by atoms with E-state index in [1.54, 1.807) is 11.0 Å². The van der Waals surface area contributed by atoms with E-state index in [1.807, 2.05) is 47.1 Å². The van der Waals surface area contributed by atoms with Gasteiger partial charge in [0.05, 0.1) is 10.7 Å². The molecule has 3 N–H and O–H groups in total. The van der Waals surface area contributed by atoms with Crippen molar-refractivity contribution in [1.82, 2.24) is 19.6 Å². The number of aryl methyl sites for hydroxylation is 1. The number of nitrogens with two attached hydrogens (primary N) is 1. The standard InChI is InChI=1S/C34H45ClN6O4/c1-2-24-19-23(20-28(35)31(24)36)21-30(32(42)39-15-9-26(10-16-39)38-13-5-6-14-38)45-34(44)40-17-11-27(12-18-40)41-22-25-7-3-4-8-29(25)37-33(41)43/h3-4,7-8,19-20,26-27,30H,2,5-6,9-18,21-22,36H2,1H3,(H,37,43)/t30-/m1/s1. The average molecular weight is 637 g/mol.